The third-order valence-electron chi connectivity index (χ3n) is 4.09. The number of hydrogen-bond donors (Lipinski definition) is 1. The van der Waals surface area contributed by atoms with Crippen molar-refractivity contribution in [1.29, 1.82) is 0 Å². The van der Waals surface area contributed by atoms with Crippen molar-refractivity contribution in [3.63, 3.8) is 0 Å². The number of oxime groups is 1. The Balaban J connectivity index is 1.55. The fraction of sp³-hybridized carbons (Fsp3) is 0.500. The monoisotopic (exact) mass is 290 g/mol. The lowest BCUT2D eigenvalue weighted by Crippen LogP contribution is -2.42. The number of benzene rings is 1. The zero-order chi connectivity index (χ0) is 14.7. The molecule has 1 aromatic carbocycles. The third-order valence-corrected chi connectivity index (χ3v) is 4.09. The Hall–Kier alpha value is -1.91. The molecule has 0 radical (unpaired) electrons. The smallest absolute Gasteiger partial charge is 0.264 e. The number of carbonyl (C=O) groups excluding carboxylic acids is 1. The zero-order valence-corrected chi connectivity index (χ0v) is 11.8. The first kappa shape index (κ1) is 14.0. The molecular formula is C16H19FN2O2. The van der Waals surface area contributed by atoms with Crippen LogP contribution >= 0.6 is 0 Å². The maximum absolute atomic E-state index is 12.9. The van der Waals surface area contributed by atoms with E-state index in [2.05, 4.69) is 10.5 Å². The number of carbonyl (C=O) groups is 1. The highest BCUT2D eigenvalue weighted by Crippen LogP contribution is 2.20. The molecule has 1 heterocycles. The predicted octanol–water partition coefficient (Wildman–Crippen LogP) is 2.77. The largest absolute Gasteiger partial charge is 0.382 e. The Kier molecular flexibility index (Phi) is 4.18. The molecule has 2 aliphatic rings. The maximum atomic E-state index is 12.9. The van der Waals surface area contributed by atoms with Crippen LogP contribution in [0.25, 0.3) is 0 Å². The van der Waals surface area contributed by atoms with Crippen molar-refractivity contribution < 1.29 is 14.0 Å². The van der Waals surface area contributed by atoms with Gasteiger partial charge >= 0.3 is 0 Å². The van der Waals surface area contributed by atoms with Gasteiger partial charge in [0.15, 0.2) is 0 Å². The molecule has 21 heavy (non-hydrogen) atoms. The molecule has 1 aromatic rings. The van der Waals surface area contributed by atoms with Crippen molar-refractivity contribution in [2.24, 2.45) is 5.16 Å². The summed E-state index contributed by atoms with van der Waals surface area (Å²) in [7, 11) is 0. The lowest BCUT2D eigenvalue weighted by Gasteiger charge is -2.23. The highest BCUT2D eigenvalue weighted by Gasteiger charge is 2.30. The van der Waals surface area contributed by atoms with Crippen molar-refractivity contribution in [3.8, 4) is 0 Å². The van der Waals surface area contributed by atoms with E-state index in [4.69, 9.17) is 4.84 Å². The maximum Gasteiger partial charge on any atom is 0.264 e. The number of hydrogen-bond acceptors (Lipinski definition) is 3. The number of rotatable bonds is 3. The molecule has 0 aromatic heterocycles. The molecule has 112 valence electrons. The molecule has 1 aliphatic carbocycles. The van der Waals surface area contributed by atoms with Gasteiger partial charge in [-0.15, -0.1) is 0 Å². The molecule has 1 N–H and O–H groups in total. The molecule has 1 fully saturated rings. The molecule has 1 aliphatic heterocycles. The standard InChI is InChI=1S/C16H19FN2O2/c17-12-8-6-11(7-9-12)14-10-15(21-19-14)16(20)18-13-4-2-1-3-5-13/h6-9,13,15H,1-5,10H2,(H,18,20)/t15-/m1/s1. The molecule has 0 saturated heterocycles. The molecule has 4 nitrogen and oxygen atoms in total. The van der Waals surface area contributed by atoms with Gasteiger partial charge in [-0.25, -0.2) is 4.39 Å². The molecule has 0 bridgehead atoms. The van der Waals surface area contributed by atoms with E-state index in [-0.39, 0.29) is 17.8 Å². The van der Waals surface area contributed by atoms with Crippen LogP contribution in [-0.2, 0) is 9.63 Å². The number of nitrogens with one attached hydrogen (secondary N) is 1. The van der Waals surface area contributed by atoms with Crippen molar-refractivity contribution in [2.75, 3.05) is 0 Å². The van der Waals surface area contributed by atoms with Crippen LogP contribution in [0, 0.1) is 5.82 Å². The van der Waals surface area contributed by atoms with Crippen LogP contribution in [0.2, 0.25) is 0 Å². The molecule has 0 spiro atoms. The molecular weight excluding hydrogens is 271 g/mol. The van der Waals surface area contributed by atoms with Gasteiger partial charge in [0.2, 0.25) is 6.10 Å². The van der Waals surface area contributed by atoms with Crippen LogP contribution in [0.4, 0.5) is 4.39 Å². The second kappa shape index (κ2) is 6.24. The van der Waals surface area contributed by atoms with Crippen LogP contribution in [0.3, 0.4) is 0 Å². The second-order valence-electron chi connectivity index (χ2n) is 5.69. The van der Waals surface area contributed by atoms with Crippen molar-refractivity contribution in [3.05, 3.63) is 35.6 Å². The molecule has 1 amide bonds. The van der Waals surface area contributed by atoms with Crippen LogP contribution in [0.15, 0.2) is 29.4 Å². The highest BCUT2D eigenvalue weighted by atomic mass is 19.1. The van der Waals surface area contributed by atoms with Gasteiger partial charge in [0.1, 0.15) is 5.82 Å². The van der Waals surface area contributed by atoms with E-state index >= 15 is 0 Å². The quantitative estimate of drug-likeness (QED) is 0.930. The van der Waals surface area contributed by atoms with Gasteiger partial charge in [-0.05, 0) is 30.5 Å². The normalized spacial score (nSPS) is 22.5. The Labute approximate surface area is 123 Å². The lowest BCUT2D eigenvalue weighted by atomic mass is 9.95. The number of nitrogens with zero attached hydrogens (tertiary/aromatic N) is 1. The average Bonchev–Trinajstić information content (AvgIpc) is 2.99. The summed E-state index contributed by atoms with van der Waals surface area (Å²) in [5.41, 5.74) is 1.49. The molecule has 1 saturated carbocycles. The number of amides is 1. The summed E-state index contributed by atoms with van der Waals surface area (Å²) < 4.78 is 12.9. The van der Waals surface area contributed by atoms with Gasteiger partial charge in [-0.3, -0.25) is 4.79 Å². The van der Waals surface area contributed by atoms with Crippen LogP contribution in [0.5, 0.6) is 0 Å². The fourth-order valence-corrected chi connectivity index (χ4v) is 2.87. The van der Waals surface area contributed by atoms with Gasteiger partial charge < -0.3 is 10.2 Å². The van der Waals surface area contributed by atoms with E-state index < -0.39 is 6.10 Å². The minimum atomic E-state index is -0.563. The second-order valence-corrected chi connectivity index (χ2v) is 5.69. The van der Waals surface area contributed by atoms with Gasteiger partial charge in [0, 0.05) is 12.5 Å². The Morgan fingerprint density at radius 1 is 1.19 bits per heavy atom. The fourth-order valence-electron chi connectivity index (χ4n) is 2.87. The third kappa shape index (κ3) is 3.40. The van der Waals surface area contributed by atoms with E-state index in [0.29, 0.717) is 12.1 Å². The van der Waals surface area contributed by atoms with Crippen molar-refractivity contribution >= 4 is 11.6 Å². The van der Waals surface area contributed by atoms with Gasteiger partial charge in [0.25, 0.3) is 5.91 Å². The molecule has 5 heteroatoms. The summed E-state index contributed by atoms with van der Waals surface area (Å²) in [5, 5.41) is 7.01. The molecule has 0 unspecified atom stereocenters. The summed E-state index contributed by atoms with van der Waals surface area (Å²) in [6, 6.07) is 6.34. The average molecular weight is 290 g/mol. The van der Waals surface area contributed by atoms with E-state index in [1.165, 1.54) is 31.4 Å². The topological polar surface area (TPSA) is 50.7 Å². The Bertz CT molecular complexity index is 536. The minimum absolute atomic E-state index is 0.0947. The summed E-state index contributed by atoms with van der Waals surface area (Å²) in [5.74, 6) is -0.382. The minimum Gasteiger partial charge on any atom is -0.382 e. The summed E-state index contributed by atoms with van der Waals surface area (Å²) in [4.78, 5) is 17.4. The Morgan fingerprint density at radius 2 is 1.90 bits per heavy atom. The van der Waals surface area contributed by atoms with Crippen molar-refractivity contribution in [2.45, 2.75) is 50.7 Å². The first-order chi connectivity index (χ1) is 10.2. The van der Waals surface area contributed by atoms with Gasteiger partial charge in [-0.2, -0.15) is 0 Å². The predicted molar refractivity (Wildman–Crippen MR) is 77.4 cm³/mol. The van der Waals surface area contributed by atoms with Crippen molar-refractivity contribution in [1.82, 2.24) is 5.32 Å². The summed E-state index contributed by atoms with van der Waals surface area (Å²) in [6.45, 7) is 0. The van der Waals surface area contributed by atoms with Crippen LogP contribution in [-0.4, -0.2) is 23.8 Å². The first-order valence-corrected chi connectivity index (χ1v) is 7.51. The highest BCUT2D eigenvalue weighted by molar-refractivity contribution is 6.04. The first-order valence-electron chi connectivity index (χ1n) is 7.51. The SMILES string of the molecule is O=C(NC1CCCCC1)[C@H]1CC(c2ccc(F)cc2)=NO1. The van der Waals surface area contributed by atoms with Gasteiger partial charge in [-0.1, -0.05) is 36.6 Å². The van der Waals surface area contributed by atoms with Gasteiger partial charge in [0.05, 0.1) is 5.71 Å². The van der Waals surface area contributed by atoms with Crippen LogP contribution < -0.4 is 5.32 Å². The molecule has 1 atom stereocenters. The van der Waals surface area contributed by atoms with E-state index in [1.807, 2.05) is 0 Å². The van der Waals surface area contributed by atoms with Crippen LogP contribution in [0.1, 0.15) is 44.1 Å². The Morgan fingerprint density at radius 3 is 2.62 bits per heavy atom. The zero-order valence-electron chi connectivity index (χ0n) is 11.8. The van der Waals surface area contributed by atoms with E-state index in [0.717, 1.165) is 18.4 Å². The number of halogens is 1. The molecule has 3 rings (SSSR count). The summed E-state index contributed by atoms with van der Waals surface area (Å²) in [6.07, 6.45) is 5.57. The lowest BCUT2D eigenvalue weighted by molar-refractivity contribution is -0.132. The summed E-state index contributed by atoms with van der Waals surface area (Å²) >= 11 is 0. The van der Waals surface area contributed by atoms with E-state index in [9.17, 15) is 9.18 Å². The van der Waals surface area contributed by atoms with E-state index in [1.54, 1.807) is 12.1 Å².